The van der Waals surface area contributed by atoms with Gasteiger partial charge in [0.1, 0.15) is 5.52 Å². The number of pyridine rings is 1. The molecule has 0 unspecified atom stereocenters. The highest BCUT2D eigenvalue weighted by Gasteiger charge is 2.43. The Labute approximate surface area is 172 Å². The molecule has 2 aromatic heterocycles. The molecule has 2 aliphatic rings. The number of aromatic amines is 1. The minimum absolute atomic E-state index is 0.0531. The normalized spacial score (nSPS) is 22.9. The number of H-pyrrole nitrogens is 1. The molecule has 154 valence electrons. The van der Waals surface area contributed by atoms with Gasteiger partial charge in [-0.15, -0.1) is 0 Å². The molecule has 30 heavy (non-hydrogen) atoms. The molecule has 9 nitrogen and oxygen atoms in total. The zero-order valence-electron chi connectivity index (χ0n) is 16.3. The van der Waals surface area contributed by atoms with E-state index >= 15 is 0 Å². The smallest absolute Gasteiger partial charge is 0.254 e. The number of primary amides is 1. The number of amides is 2. The molecule has 0 radical (unpaired) electrons. The highest BCUT2D eigenvalue weighted by molar-refractivity contribution is 6.04. The molecule has 2 aliphatic heterocycles. The lowest BCUT2D eigenvalue weighted by molar-refractivity contribution is 0.0583. The van der Waals surface area contributed by atoms with Gasteiger partial charge in [0.15, 0.2) is 5.65 Å². The number of hydrogen-bond donors (Lipinski definition) is 4. The molecule has 3 aromatic rings. The number of imidazole rings is 1. The van der Waals surface area contributed by atoms with Crippen molar-refractivity contribution < 1.29 is 9.59 Å². The number of fused-ring (bicyclic) bond motifs is 3. The van der Waals surface area contributed by atoms with Gasteiger partial charge in [-0.05, 0) is 49.9 Å². The first-order chi connectivity index (χ1) is 14.5. The zero-order chi connectivity index (χ0) is 20.8. The van der Waals surface area contributed by atoms with Crippen molar-refractivity contribution in [1.29, 1.82) is 0 Å². The maximum absolute atomic E-state index is 13.1. The van der Waals surface area contributed by atoms with Crippen LogP contribution in [0.15, 0.2) is 36.8 Å². The number of nitrogens with two attached hydrogens (primary N) is 2. The molecule has 0 aliphatic carbocycles. The Morgan fingerprint density at radius 1 is 1.10 bits per heavy atom. The summed E-state index contributed by atoms with van der Waals surface area (Å²) in [5.74, 6) is -0.494. The molecule has 4 heterocycles. The first-order valence-electron chi connectivity index (χ1n) is 10.1. The van der Waals surface area contributed by atoms with Gasteiger partial charge in [0.05, 0.1) is 17.6 Å². The predicted octanol–water partition coefficient (Wildman–Crippen LogP) is 1.89. The van der Waals surface area contributed by atoms with Crippen LogP contribution in [0.5, 0.6) is 0 Å². The van der Waals surface area contributed by atoms with Crippen LogP contribution < -0.4 is 16.8 Å². The van der Waals surface area contributed by atoms with Gasteiger partial charge in [-0.1, -0.05) is 0 Å². The lowest BCUT2D eigenvalue weighted by Gasteiger charge is -2.39. The standard InChI is InChI=1S/C21H23N7O2/c22-12-3-1-11(2-4-12)21(30)28-14-5-6-15(28)8-13(7-14)27-17-16(19(23)29)9-24-20-18(17)25-10-26-20/h1-4,9-10,13-15H,5-8,22H2,(H2,23,29)(H2,24,25,26,27)/t13-,14-,15+. The number of nitrogens with zero attached hydrogens (tertiary/aromatic N) is 3. The number of piperidine rings is 1. The Balaban J connectivity index is 1.38. The third-order valence-corrected chi connectivity index (χ3v) is 6.19. The number of benzene rings is 1. The van der Waals surface area contributed by atoms with Crippen molar-refractivity contribution >= 4 is 34.4 Å². The molecule has 0 spiro atoms. The summed E-state index contributed by atoms with van der Waals surface area (Å²) in [5, 5.41) is 3.49. The second-order valence-electron chi connectivity index (χ2n) is 8.04. The molecule has 3 atom stereocenters. The van der Waals surface area contributed by atoms with Crippen LogP contribution in [-0.2, 0) is 0 Å². The van der Waals surface area contributed by atoms with Crippen molar-refractivity contribution in [2.45, 2.75) is 43.8 Å². The van der Waals surface area contributed by atoms with Crippen LogP contribution >= 0.6 is 0 Å². The first-order valence-corrected chi connectivity index (χ1v) is 10.1. The summed E-state index contributed by atoms with van der Waals surface area (Å²) < 4.78 is 0. The van der Waals surface area contributed by atoms with Gasteiger partial charge in [0.25, 0.3) is 11.8 Å². The first kappa shape index (κ1) is 18.4. The van der Waals surface area contributed by atoms with E-state index in [1.54, 1.807) is 30.6 Å². The van der Waals surface area contributed by atoms with Gasteiger partial charge >= 0.3 is 0 Å². The van der Waals surface area contributed by atoms with Crippen LogP contribution in [0.4, 0.5) is 11.4 Å². The van der Waals surface area contributed by atoms with E-state index in [-0.39, 0.29) is 24.0 Å². The van der Waals surface area contributed by atoms with E-state index in [2.05, 4.69) is 20.3 Å². The monoisotopic (exact) mass is 405 g/mol. The molecular weight excluding hydrogens is 382 g/mol. The largest absolute Gasteiger partial charge is 0.399 e. The summed E-state index contributed by atoms with van der Waals surface area (Å²) in [4.78, 5) is 38.5. The minimum Gasteiger partial charge on any atom is -0.399 e. The quantitative estimate of drug-likeness (QED) is 0.488. The summed E-state index contributed by atoms with van der Waals surface area (Å²) in [6, 6.07) is 7.50. The molecule has 2 amide bonds. The number of nitrogens with one attached hydrogen (secondary N) is 2. The number of nitrogen functional groups attached to an aromatic ring is 1. The fraction of sp³-hybridized carbons (Fsp3) is 0.333. The zero-order valence-corrected chi connectivity index (χ0v) is 16.3. The maximum Gasteiger partial charge on any atom is 0.254 e. The average Bonchev–Trinajstić information content (AvgIpc) is 3.31. The van der Waals surface area contributed by atoms with Crippen LogP contribution in [0.3, 0.4) is 0 Å². The van der Waals surface area contributed by atoms with E-state index in [4.69, 9.17) is 11.5 Å². The molecule has 2 fully saturated rings. The highest BCUT2D eigenvalue weighted by atomic mass is 16.2. The number of carbonyl (C=O) groups excluding carboxylic acids is 2. The van der Waals surface area contributed by atoms with Crippen molar-refractivity contribution in [3.05, 3.63) is 47.9 Å². The summed E-state index contributed by atoms with van der Waals surface area (Å²) >= 11 is 0. The Bertz CT molecular complexity index is 1110. The summed E-state index contributed by atoms with van der Waals surface area (Å²) in [6.07, 6.45) is 6.55. The molecule has 6 N–H and O–H groups in total. The van der Waals surface area contributed by atoms with E-state index in [1.165, 1.54) is 6.20 Å². The molecule has 1 aromatic carbocycles. The van der Waals surface area contributed by atoms with Crippen LogP contribution in [-0.4, -0.2) is 49.8 Å². The van der Waals surface area contributed by atoms with Crippen molar-refractivity contribution in [3.8, 4) is 0 Å². The molecule has 5 rings (SSSR count). The SMILES string of the molecule is NC(=O)c1cnc2[nH]cnc2c1N[C@@H]1C[C@H]2CC[C@@H](C1)N2C(=O)c1ccc(N)cc1. The Morgan fingerprint density at radius 2 is 1.80 bits per heavy atom. The second kappa shape index (κ2) is 7.01. The van der Waals surface area contributed by atoms with E-state index in [0.29, 0.717) is 33.7 Å². The third kappa shape index (κ3) is 3.02. The minimum atomic E-state index is -0.547. The summed E-state index contributed by atoms with van der Waals surface area (Å²) in [6.45, 7) is 0. The van der Waals surface area contributed by atoms with Crippen molar-refractivity contribution in [1.82, 2.24) is 19.9 Å². The molecular formula is C21H23N7O2. The van der Waals surface area contributed by atoms with Crippen molar-refractivity contribution in [3.63, 3.8) is 0 Å². The average molecular weight is 405 g/mol. The number of hydrogen-bond acceptors (Lipinski definition) is 6. The van der Waals surface area contributed by atoms with E-state index in [9.17, 15) is 9.59 Å². The van der Waals surface area contributed by atoms with Crippen LogP contribution in [0.1, 0.15) is 46.4 Å². The van der Waals surface area contributed by atoms with Crippen molar-refractivity contribution in [2.75, 3.05) is 11.1 Å². The van der Waals surface area contributed by atoms with Gasteiger partial charge in [-0.3, -0.25) is 9.59 Å². The topological polar surface area (TPSA) is 143 Å². The summed E-state index contributed by atoms with van der Waals surface area (Å²) in [5.41, 5.74) is 14.7. The number of anilines is 2. The highest BCUT2D eigenvalue weighted by Crippen LogP contribution is 2.38. The van der Waals surface area contributed by atoms with Gasteiger partial charge in [0.2, 0.25) is 0 Å². The Morgan fingerprint density at radius 3 is 2.47 bits per heavy atom. The third-order valence-electron chi connectivity index (χ3n) is 6.19. The lowest BCUT2D eigenvalue weighted by atomic mass is 9.95. The fourth-order valence-corrected chi connectivity index (χ4v) is 4.83. The Kier molecular flexibility index (Phi) is 4.30. The van der Waals surface area contributed by atoms with E-state index in [0.717, 1.165) is 25.7 Å². The fourth-order valence-electron chi connectivity index (χ4n) is 4.83. The lowest BCUT2D eigenvalue weighted by Crippen LogP contribution is -2.49. The molecule has 0 saturated carbocycles. The van der Waals surface area contributed by atoms with Gasteiger partial charge < -0.3 is 26.7 Å². The molecule has 2 saturated heterocycles. The number of rotatable bonds is 4. The van der Waals surface area contributed by atoms with Gasteiger partial charge in [-0.2, -0.15) is 0 Å². The van der Waals surface area contributed by atoms with Gasteiger partial charge in [0, 0.05) is 35.6 Å². The van der Waals surface area contributed by atoms with E-state index in [1.807, 2.05) is 4.90 Å². The molecule has 9 heteroatoms. The summed E-state index contributed by atoms with van der Waals surface area (Å²) in [7, 11) is 0. The van der Waals surface area contributed by atoms with Crippen LogP contribution in [0, 0.1) is 0 Å². The van der Waals surface area contributed by atoms with Crippen LogP contribution in [0.25, 0.3) is 11.2 Å². The van der Waals surface area contributed by atoms with Gasteiger partial charge in [-0.25, -0.2) is 9.97 Å². The maximum atomic E-state index is 13.1. The predicted molar refractivity (Wildman–Crippen MR) is 113 cm³/mol. The molecule has 2 bridgehead atoms. The second-order valence-corrected chi connectivity index (χ2v) is 8.04. The number of aromatic nitrogens is 3. The van der Waals surface area contributed by atoms with Crippen molar-refractivity contribution in [2.24, 2.45) is 5.73 Å². The number of carbonyl (C=O) groups is 2. The Hall–Kier alpha value is -3.62. The van der Waals surface area contributed by atoms with Crippen LogP contribution in [0.2, 0.25) is 0 Å². The van der Waals surface area contributed by atoms with E-state index < -0.39 is 5.91 Å².